The van der Waals surface area contributed by atoms with E-state index >= 15 is 0 Å². The Labute approximate surface area is 145 Å². The van der Waals surface area contributed by atoms with Gasteiger partial charge < -0.3 is 14.4 Å². The van der Waals surface area contributed by atoms with Crippen molar-refractivity contribution in [3.05, 3.63) is 29.3 Å². The molecule has 6 nitrogen and oxygen atoms in total. The highest BCUT2D eigenvalue weighted by molar-refractivity contribution is 7.13. The number of hydrogen-bond donors (Lipinski definition) is 0. The van der Waals surface area contributed by atoms with Crippen LogP contribution in [0.5, 0.6) is 11.5 Å². The van der Waals surface area contributed by atoms with Gasteiger partial charge in [-0.05, 0) is 18.2 Å². The van der Waals surface area contributed by atoms with E-state index in [9.17, 15) is 4.79 Å². The van der Waals surface area contributed by atoms with Gasteiger partial charge in [0, 0.05) is 24.5 Å². The molecule has 1 aromatic carbocycles. The van der Waals surface area contributed by atoms with Gasteiger partial charge in [0.25, 0.3) is 0 Å². The largest absolute Gasteiger partial charge is 0.493 e. The van der Waals surface area contributed by atoms with Gasteiger partial charge in [-0.25, -0.2) is 4.98 Å². The first-order chi connectivity index (χ1) is 11.6. The molecule has 24 heavy (non-hydrogen) atoms. The smallest absolute Gasteiger partial charge is 0.228 e. The van der Waals surface area contributed by atoms with Crippen LogP contribution in [-0.2, 0) is 11.2 Å². The van der Waals surface area contributed by atoms with Gasteiger partial charge >= 0.3 is 0 Å². The maximum atomic E-state index is 12.1. The van der Waals surface area contributed by atoms with E-state index in [-0.39, 0.29) is 12.3 Å². The van der Waals surface area contributed by atoms with Crippen LogP contribution >= 0.6 is 11.3 Å². The molecular formula is C17H19N3O3S. The van der Waals surface area contributed by atoms with Crippen LogP contribution in [0, 0.1) is 11.3 Å². The molecule has 2 aromatic rings. The molecule has 0 aliphatic heterocycles. The van der Waals surface area contributed by atoms with Crippen LogP contribution in [0.4, 0.5) is 0 Å². The summed E-state index contributed by atoms with van der Waals surface area (Å²) >= 11 is 1.48. The second-order valence-electron chi connectivity index (χ2n) is 5.11. The highest BCUT2D eigenvalue weighted by Gasteiger charge is 2.14. The van der Waals surface area contributed by atoms with E-state index in [4.69, 9.17) is 14.7 Å². The standard InChI is InChI=1S/C17H19N3O3S/c1-20(8-4-7-18)16(21)10-13-11-24-17(19-13)12-5-6-14(22-2)15(9-12)23-3/h5-6,9,11H,4,8,10H2,1-3H3. The highest BCUT2D eigenvalue weighted by Crippen LogP contribution is 2.33. The van der Waals surface area contributed by atoms with Crippen molar-refractivity contribution in [2.45, 2.75) is 12.8 Å². The summed E-state index contributed by atoms with van der Waals surface area (Å²) in [6, 6.07) is 7.63. The Morgan fingerprint density at radius 2 is 2.08 bits per heavy atom. The predicted molar refractivity (Wildman–Crippen MR) is 92.2 cm³/mol. The first-order valence-corrected chi connectivity index (χ1v) is 8.24. The minimum absolute atomic E-state index is 0.0468. The van der Waals surface area contributed by atoms with Crippen molar-refractivity contribution in [3.8, 4) is 28.1 Å². The van der Waals surface area contributed by atoms with Gasteiger partial charge in [0.2, 0.25) is 5.91 Å². The molecule has 0 unspecified atom stereocenters. The molecule has 0 N–H and O–H groups in total. The Balaban J connectivity index is 2.11. The second-order valence-corrected chi connectivity index (χ2v) is 5.97. The van der Waals surface area contributed by atoms with Crippen molar-refractivity contribution in [3.63, 3.8) is 0 Å². The van der Waals surface area contributed by atoms with E-state index < -0.39 is 0 Å². The molecule has 0 spiro atoms. The summed E-state index contributed by atoms with van der Waals surface area (Å²) in [4.78, 5) is 18.2. The number of nitrogens with zero attached hydrogens (tertiary/aromatic N) is 3. The Morgan fingerprint density at radius 3 is 2.75 bits per heavy atom. The van der Waals surface area contributed by atoms with Crippen molar-refractivity contribution in [1.29, 1.82) is 5.26 Å². The first kappa shape index (κ1) is 17.8. The van der Waals surface area contributed by atoms with E-state index in [1.807, 2.05) is 29.6 Å². The predicted octanol–water partition coefficient (Wildman–Crippen LogP) is 2.74. The molecule has 0 radical (unpaired) electrons. The maximum Gasteiger partial charge on any atom is 0.228 e. The number of likely N-dealkylation sites (N-methyl/N-ethyl adjacent to an activating group) is 1. The molecule has 0 atom stereocenters. The zero-order valence-electron chi connectivity index (χ0n) is 13.9. The zero-order valence-corrected chi connectivity index (χ0v) is 14.7. The molecule has 0 saturated heterocycles. The minimum Gasteiger partial charge on any atom is -0.493 e. The van der Waals surface area contributed by atoms with E-state index in [0.717, 1.165) is 16.3 Å². The summed E-state index contributed by atoms with van der Waals surface area (Å²) in [6.45, 7) is 0.433. The molecule has 0 bridgehead atoms. The summed E-state index contributed by atoms with van der Waals surface area (Å²) < 4.78 is 10.5. The van der Waals surface area contributed by atoms with Crippen molar-refractivity contribution in [2.75, 3.05) is 27.8 Å². The quantitative estimate of drug-likeness (QED) is 0.771. The molecule has 0 saturated carbocycles. The summed E-state index contributed by atoms with van der Waals surface area (Å²) in [7, 11) is 4.87. The number of aromatic nitrogens is 1. The Bertz CT molecular complexity index is 752. The van der Waals surface area contributed by atoms with E-state index in [1.54, 1.807) is 26.2 Å². The SMILES string of the molecule is COc1ccc(-c2nc(CC(=O)N(C)CCC#N)cs2)cc1OC. The molecule has 1 aromatic heterocycles. The van der Waals surface area contributed by atoms with Crippen molar-refractivity contribution < 1.29 is 14.3 Å². The van der Waals surface area contributed by atoms with Crippen LogP contribution in [0.3, 0.4) is 0 Å². The van der Waals surface area contributed by atoms with Crippen molar-refractivity contribution >= 4 is 17.2 Å². The number of carbonyl (C=O) groups excluding carboxylic acids is 1. The average molecular weight is 345 g/mol. The van der Waals surface area contributed by atoms with Gasteiger partial charge in [0.1, 0.15) is 5.01 Å². The number of rotatable bonds is 7. The van der Waals surface area contributed by atoms with E-state index in [1.165, 1.54) is 11.3 Å². The number of nitriles is 1. The monoisotopic (exact) mass is 345 g/mol. The zero-order chi connectivity index (χ0) is 17.5. The highest BCUT2D eigenvalue weighted by atomic mass is 32.1. The Kier molecular flexibility index (Phi) is 6.15. The number of ether oxygens (including phenoxy) is 2. The van der Waals surface area contributed by atoms with Crippen molar-refractivity contribution in [1.82, 2.24) is 9.88 Å². The number of methoxy groups -OCH3 is 2. The van der Waals surface area contributed by atoms with Gasteiger partial charge in [-0.15, -0.1) is 11.3 Å². The van der Waals surface area contributed by atoms with Crippen LogP contribution < -0.4 is 9.47 Å². The fourth-order valence-corrected chi connectivity index (χ4v) is 2.94. The van der Waals surface area contributed by atoms with Crippen molar-refractivity contribution in [2.24, 2.45) is 0 Å². The van der Waals surface area contributed by atoms with Crippen LogP contribution in [0.2, 0.25) is 0 Å². The Hall–Kier alpha value is -2.59. The summed E-state index contributed by atoms with van der Waals surface area (Å²) in [5, 5.41) is 11.3. The first-order valence-electron chi connectivity index (χ1n) is 7.36. The molecule has 2 rings (SSSR count). The van der Waals surface area contributed by atoms with Gasteiger partial charge in [-0.2, -0.15) is 5.26 Å². The van der Waals surface area contributed by atoms with Gasteiger partial charge in [0.15, 0.2) is 11.5 Å². The summed E-state index contributed by atoms with van der Waals surface area (Å²) in [5.74, 6) is 1.25. The van der Waals surface area contributed by atoms with E-state index in [2.05, 4.69) is 4.98 Å². The molecule has 1 amide bonds. The molecule has 7 heteroatoms. The maximum absolute atomic E-state index is 12.1. The molecular weight excluding hydrogens is 326 g/mol. The molecule has 126 valence electrons. The van der Waals surface area contributed by atoms with Crippen LogP contribution in [0.1, 0.15) is 12.1 Å². The fraction of sp³-hybridized carbons (Fsp3) is 0.353. The van der Waals surface area contributed by atoms with Crippen LogP contribution in [-0.4, -0.2) is 43.6 Å². The third-order valence-corrected chi connectivity index (χ3v) is 4.44. The molecule has 0 fully saturated rings. The number of thiazole rings is 1. The number of benzene rings is 1. The van der Waals surface area contributed by atoms with E-state index in [0.29, 0.717) is 24.5 Å². The number of hydrogen-bond acceptors (Lipinski definition) is 6. The lowest BCUT2D eigenvalue weighted by Gasteiger charge is -2.14. The molecule has 0 aliphatic rings. The normalized spacial score (nSPS) is 10.1. The number of amides is 1. The molecule has 1 heterocycles. The lowest BCUT2D eigenvalue weighted by Crippen LogP contribution is -2.29. The lowest BCUT2D eigenvalue weighted by molar-refractivity contribution is -0.129. The third kappa shape index (κ3) is 4.24. The van der Waals surface area contributed by atoms with Gasteiger partial charge in [-0.1, -0.05) is 0 Å². The second kappa shape index (κ2) is 8.31. The van der Waals surface area contributed by atoms with Gasteiger partial charge in [0.05, 0.1) is 38.8 Å². The number of carbonyl (C=O) groups is 1. The van der Waals surface area contributed by atoms with Crippen LogP contribution in [0.15, 0.2) is 23.6 Å². The topological polar surface area (TPSA) is 75.5 Å². The summed E-state index contributed by atoms with van der Waals surface area (Å²) in [5.41, 5.74) is 1.63. The lowest BCUT2D eigenvalue weighted by atomic mass is 10.2. The van der Waals surface area contributed by atoms with Gasteiger partial charge in [-0.3, -0.25) is 4.79 Å². The minimum atomic E-state index is -0.0468. The fourth-order valence-electron chi connectivity index (χ4n) is 2.12. The average Bonchev–Trinajstić information content (AvgIpc) is 3.07. The van der Waals surface area contributed by atoms with Crippen LogP contribution in [0.25, 0.3) is 10.6 Å². The third-order valence-electron chi connectivity index (χ3n) is 3.50. The summed E-state index contributed by atoms with van der Waals surface area (Å²) in [6.07, 6.45) is 0.557. The Morgan fingerprint density at radius 1 is 1.33 bits per heavy atom. The molecule has 0 aliphatic carbocycles.